The fourth-order valence-corrected chi connectivity index (χ4v) is 3.88. The smallest absolute Gasteiger partial charge is 0.244 e. The molecule has 0 saturated heterocycles. The van der Waals surface area contributed by atoms with Crippen molar-refractivity contribution in [1.82, 2.24) is 10.2 Å². The highest BCUT2D eigenvalue weighted by Gasteiger charge is 2.30. The molecule has 0 fully saturated rings. The van der Waals surface area contributed by atoms with E-state index in [0.29, 0.717) is 6.42 Å². The molecule has 162 valence electrons. The van der Waals surface area contributed by atoms with Crippen molar-refractivity contribution >= 4 is 27.5 Å². The van der Waals surface area contributed by atoms with Gasteiger partial charge in [0, 0.05) is 13.6 Å². The maximum atomic E-state index is 14.2. The zero-order valence-electron chi connectivity index (χ0n) is 17.2. The second-order valence-electron chi connectivity index (χ2n) is 6.83. The predicted molar refractivity (Wildman–Crippen MR) is 114 cm³/mol. The summed E-state index contributed by atoms with van der Waals surface area (Å²) in [5, 5.41) is 2.50. The number of carbonyl (C=O) groups excluding carboxylic acids is 2. The lowest BCUT2D eigenvalue weighted by atomic mass is 10.1. The second-order valence-corrected chi connectivity index (χ2v) is 8.74. The highest BCUT2D eigenvalue weighted by Crippen LogP contribution is 2.21. The molecular weight excluding hydrogens is 409 g/mol. The van der Waals surface area contributed by atoms with Gasteiger partial charge in [0.1, 0.15) is 18.4 Å². The Labute approximate surface area is 176 Å². The van der Waals surface area contributed by atoms with Gasteiger partial charge in [0.05, 0.1) is 11.9 Å². The molecular formula is C21H26FN3O4S. The Bertz CT molecular complexity index is 983. The SMILES string of the molecule is CNC(=O)C(C)N(CCc1ccccc1)C(=O)CN(c1ccccc1F)S(C)(=O)=O. The summed E-state index contributed by atoms with van der Waals surface area (Å²) in [4.78, 5) is 26.6. The Balaban J connectivity index is 2.30. The van der Waals surface area contributed by atoms with Crippen molar-refractivity contribution in [2.75, 3.05) is 30.7 Å². The molecule has 0 aliphatic heterocycles. The third-order valence-corrected chi connectivity index (χ3v) is 5.82. The fraction of sp³-hybridized carbons (Fsp3) is 0.333. The zero-order valence-corrected chi connectivity index (χ0v) is 18.0. The molecule has 7 nitrogen and oxygen atoms in total. The van der Waals surface area contributed by atoms with Gasteiger partial charge in [0.25, 0.3) is 0 Å². The average molecular weight is 436 g/mol. The highest BCUT2D eigenvalue weighted by atomic mass is 32.2. The van der Waals surface area contributed by atoms with Gasteiger partial charge in [0.15, 0.2) is 0 Å². The standard InChI is InChI=1S/C21H26FN3O4S/c1-16(21(27)23-2)24(14-13-17-9-5-4-6-10-17)20(26)15-25(30(3,28)29)19-12-8-7-11-18(19)22/h4-12,16H,13-15H2,1-3H3,(H,23,27). The van der Waals surface area contributed by atoms with E-state index >= 15 is 0 Å². The molecule has 1 N–H and O–H groups in total. The van der Waals surface area contributed by atoms with E-state index in [1.165, 1.54) is 30.1 Å². The first kappa shape index (κ1) is 23.3. The zero-order chi connectivity index (χ0) is 22.3. The number of amides is 2. The van der Waals surface area contributed by atoms with Crippen LogP contribution in [0.15, 0.2) is 54.6 Å². The monoisotopic (exact) mass is 435 g/mol. The van der Waals surface area contributed by atoms with Crippen LogP contribution in [0.5, 0.6) is 0 Å². The first-order chi connectivity index (χ1) is 14.1. The van der Waals surface area contributed by atoms with Crippen molar-refractivity contribution in [3.8, 4) is 0 Å². The molecule has 0 aliphatic rings. The molecule has 9 heteroatoms. The van der Waals surface area contributed by atoms with Crippen molar-refractivity contribution in [3.63, 3.8) is 0 Å². The number of benzene rings is 2. The van der Waals surface area contributed by atoms with Crippen LogP contribution in [0.1, 0.15) is 12.5 Å². The molecule has 2 rings (SSSR count). The minimum atomic E-state index is -3.94. The van der Waals surface area contributed by atoms with Crippen LogP contribution in [0.2, 0.25) is 0 Å². The Kier molecular flexibility index (Phi) is 7.93. The highest BCUT2D eigenvalue weighted by molar-refractivity contribution is 7.92. The molecule has 0 aliphatic carbocycles. The van der Waals surface area contributed by atoms with Gasteiger partial charge in [-0.3, -0.25) is 13.9 Å². The number of halogens is 1. The van der Waals surface area contributed by atoms with E-state index in [-0.39, 0.29) is 18.1 Å². The number of nitrogens with one attached hydrogen (secondary N) is 1. The van der Waals surface area contributed by atoms with E-state index in [4.69, 9.17) is 0 Å². The molecule has 30 heavy (non-hydrogen) atoms. The molecule has 1 atom stereocenters. The minimum absolute atomic E-state index is 0.201. The van der Waals surface area contributed by atoms with Crippen LogP contribution in [-0.2, 0) is 26.0 Å². The maximum Gasteiger partial charge on any atom is 0.244 e. The molecule has 0 saturated carbocycles. The van der Waals surface area contributed by atoms with Gasteiger partial charge in [-0.05, 0) is 31.0 Å². The van der Waals surface area contributed by atoms with E-state index in [2.05, 4.69) is 5.32 Å². The summed E-state index contributed by atoms with van der Waals surface area (Å²) in [7, 11) is -2.48. The number of anilines is 1. The Hall–Kier alpha value is -2.94. The van der Waals surface area contributed by atoms with Crippen LogP contribution >= 0.6 is 0 Å². The van der Waals surface area contributed by atoms with E-state index < -0.39 is 34.3 Å². The largest absolute Gasteiger partial charge is 0.357 e. The topological polar surface area (TPSA) is 86.8 Å². The summed E-state index contributed by atoms with van der Waals surface area (Å²) in [6.07, 6.45) is 1.38. The van der Waals surface area contributed by atoms with Crippen molar-refractivity contribution < 1.29 is 22.4 Å². The van der Waals surface area contributed by atoms with Gasteiger partial charge in [-0.25, -0.2) is 12.8 Å². The van der Waals surface area contributed by atoms with Crippen LogP contribution < -0.4 is 9.62 Å². The molecule has 0 bridgehead atoms. The summed E-state index contributed by atoms with van der Waals surface area (Å²) in [5.41, 5.74) is 0.748. The van der Waals surface area contributed by atoms with E-state index in [1.807, 2.05) is 30.3 Å². The van der Waals surface area contributed by atoms with E-state index in [9.17, 15) is 22.4 Å². The fourth-order valence-electron chi connectivity index (χ4n) is 3.03. The quantitative estimate of drug-likeness (QED) is 0.651. The Morgan fingerprint density at radius 2 is 1.67 bits per heavy atom. The number of nitrogens with zero attached hydrogens (tertiary/aromatic N) is 2. The molecule has 2 aromatic carbocycles. The number of rotatable bonds is 9. The van der Waals surface area contributed by atoms with E-state index in [1.54, 1.807) is 6.92 Å². The Morgan fingerprint density at radius 1 is 1.07 bits per heavy atom. The molecule has 0 aromatic heterocycles. The number of sulfonamides is 1. The van der Waals surface area contributed by atoms with Gasteiger partial charge >= 0.3 is 0 Å². The molecule has 0 heterocycles. The average Bonchev–Trinajstić information content (AvgIpc) is 2.72. The van der Waals surface area contributed by atoms with Crippen LogP contribution in [-0.4, -0.2) is 57.6 Å². The lowest BCUT2D eigenvalue weighted by molar-refractivity contribution is -0.138. The van der Waals surface area contributed by atoms with Crippen molar-refractivity contribution in [2.45, 2.75) is 19.4 Å². The molecule has 2 amide bonds. The van der Waals surface area contributed by atoms with E-state index in [0.717, 1.165) is 22.2 Å². The van der Waals surface area contributed by atoms with Crippen LogP contribution in [0.3, 0.4) is 0 Å². The van der Waals surface area contributed by atoms with Crippen LogP contribution in [0, 0.1) is 5.82 Å². The summed E-state index contributed by atoms with van der Waals surface area (Å²) in [5.74, 6) is -1.74. The molecule has 1 unspecified atom stereocenters. The summed E-state index contributed by atoms with van der Waals surface area (Å²) < 4.78 is 39.5. The van der Waals surface area contributed by atoms with Gasteiger partial charge in [-0.2, -0.15) is 0 Å². The number of carbonyl (C=O) groups is 2. The number of hydrogen-bond donors (Lipinski definition) is 1. The molecule has 0 radical (unpaired) electrons. The minimum Gasteiger partial charge on any atom is -0.357 e. The second kappa shape index (κ2) is 10.2. The van der Waals surface area contributed by atoms with Crippen LogP contribution in [0.4, 0.5) is 10.1 Å². The number of para-hydroxylation sites is 1. The van der Waals surface area contributed by atoms with Gasteiger partial charge in [-0.1, -0.05) is 42.5 Å². The molecule has 2 aromatic rings. The predicted octanol–water partition coefficient (Wildman–Crippen LogP) is 1.80. The number of likely N-dealkylation sites (N-methyl/N-ethyl adjacent to an activating group) is 1. The lowest BCUT2D eigenvalue weighted by Crippen LogP contribution is -2.51. The van der Waals surface area contributed by atoms with Gasteiger partial charge < -0.3 is 10.2 Å². The third-order valence-electron chi connectivity index (χ3n) is 4.70. The van der Waals surface area contributed by atoms with Gasteiger partial charge in [-0.15, -0.1) is 0 Å². The molecule has 0 spiro atoms. The first-order valence-electron chi connectivity index (χ1n) is 9.42. The maximum absolute atomic E-state index is 14.2. The van der Waals surface area contributed by atoms with Crippen LogP contribution in [0.25, 0.3) is 0 Å². The Morgan fingerprint density at radius 3 is 2.23 bits per heavy atom. The summed E-state index contributed by atoms with van der Waals surface area (Å²) >= 11 is 0. The summed E-state index contributed by atoms with van der Waals surface area (Å²) in [6.45, 7) is 1.15. The van der Waals surface area contributed by atoms with Crippen molar-refractivity contribution in [1.29, 1.82) is 0 Å². The van der Waals surface area contributed by atoms with Crippen molar-refractivity contribution in [3.05, 3.63) is 66.0 Å². The first-order valence-corrected chi connectivity index (χ1v) is 11.3. The number of hydrogen-bond acceptors (Lipinski definition) is 4. The van der Waals surface area contributed by atoms with Crippen molar-refractivity contribution in [2.24, 2.45) is 0 Å². The summed E-state index contributed by atoms with van der Waals surface area (Å²) in [6, 6.07) is 13.9. The van der Waals surface area contributed by atoms with Gasteiger partial charge in [0.2, 0.25) is 21.8 Å². The third kappa shape index (κ3) is 6.03. The normalized spacial score (nSPS) is 12.1. The lowest BCUT2D eigenvalue weighted by Gasteiger charge is -2.31.